The van der Waals surface area contributed by atoms with Gasteiger partial charge in [-0.25, -0.2) is 4.39 Å². The SMILES string of the molecule is C[C@@H](O[C@H]1OCCN(CCC#CCl)[C@H]1c1ccc(F)cc1)c1cc(C(F)(F)F)cc(C(F)(F)F)c1. The lowest BCUT2D eigenvalue weighted by molar-refractivity contribution is -0.229. The Morgan fingerprint density at radius 2 is 1.66 bits per heavy atom. The zero-order valence-electron chi connectivity index (χ0n) is 18.4. The molecule has 1 heterocycles. The lowest BCUT2D eigenvalue weighted by atomic mass is 10.0. The van der Waals surface area contributed by atoms with E-state index in [0.717, 1.165) is 0 Å². The van der Waals surface area contributed by atoms with Gasteiger partial charge in [0.25, 0.3) is 0 Å². The first-order valence-corrected chi connectivity index (χ1v) is 10.9. The van der Waals surface area contributed by atoms with Crippen LogP contribution in [0, 0.1) is 17.1 Å². The maximum absolute atomic E-state index is 13.5. The fourth-order valence-corrected chi connectivity index (χ4v) is 3.92. The van der Waals surface area contributed by atoms with E-state index in [-0.39, 0.29) is 18.2 Å². The van der Waals surface area contributed by atoms with Crippen molar-refractivity contribution < 1.29 is 40.2 Å². The predicted octanol–water partition coefficient (Wildman–Crippen LogP) is 6.93. The summed E-state index contributed by atoms with van der Waals surface area (Å²) in [5.41, 5.74) is -2.57. The predicted molar refractivity (Wildman–Crippen MR) is 115 cm³/mol. The number of nitrogens with zero attached hydrogens (tertiary/aromatic N) is 1. The third-order valence-electron chi connectivity index (χ3n) is 5.53. The monoisotopic (exact) mass is 523 g/mol. The average Bonchev–Trinajstić information content (AvgIpc) is 2.79. The molecule has 1 fully saturated rings. The van der Waals surface area contributed by atoms with E-state index < -0.39 is 47.7 Å². The normalized spacial score (nSPS) is 20.3. The summed E-state index contributed by atoms with van der Waals surface area (Å²) in [6.45, 7) is 2.42. The standard InChI is InChI=1S/C24H21ClF7NO2/c1-15(17-12-18(23(27,28)29)14-19(13-17)24(30,31)32)35-22-21(16-4-6-20(26)7-5-16)33(10-11-34-22)9-3-2-8-25/h4-7,12-15,21-22H,3,9-11H2,1H3/t15-,21+,22-/m1/s1. The summed E-state index contributed by atoms with van der Waals surface area (Å²) in [6, 6.07) is 6.22. The van der Waals surface area contributed by atoms with Gasteiger partial charge in [-0.05, 0) is 60.0 Å². The third-order valence-corrected chi connectivity index (χ3v) is 5.67. The van der Waals surface area contributed by atoms with Crippen molar-refractivity contribution in [3.8, 4) is 11.3 Å². The van der Waals surface area contributed by atoms with Crippen molar-refractivity contribution in [3.63, 3.8) is 0 Å². The Morgan fingerprint density at radius 1 is 1.06 bits per heavy atom. The van der Waals surface area contributed by atoms with Crippen LogP contribution in [0.2, 0.25) is 0 Å². The molecule has 1 aliphatic rings. The van der Waals surface area contributed by atoms with Gasteiger partial charge in [-0.3, -0.25) is 4.90 Å². The van der Waals surface area contributed by atoms with Crippen LogP contribution in [0.4, 0.5) is 30.7 Å². The van der Waals surface area contributed by atoms with E-state index in [1.54, 1.807) is 0 Å². The molecule has 0 unspecified atom stereocenters. The zero-order valence-corrected chi connectivity index (χ0v) is 19.1. The third kappa shape index (κ3) is 7.10. The number of benzene rings is 2. The van der Waals surface area contributed by atoms with Gasteiger partial charge in [0, 0.05) is 24.9 Å². The molecule has 0 N–H and O–H groups in total. The molecule has 11 heteroatoms. The van der Waals surface area contributed by atoms with Gasteiger partial charge in [0.05, 0.1) is 29.9 Å². The molecule has 0 spiro atoms. The van der Waals surface area contributed by atoms with Gasteiger partial charge in [-0.1, -0.05) is 18.1 Å². The first-order chi connectivity index (χ1) is 16.4. The fourth-order valence-electron chi connectivity index (χ4n) is 3.82. The van der Waals surface area contributed by atoms with Crippen LogP contribution in [-0.2, 0) is 21.8 Å². The molecule has 2 aromatic carbocycles. The van der Waals surface area contributed by atoms with Gasteiger partial charge in [0.2, 0.25) is 0 Å². The van der Waals surface area contributed by atoms with Crippen LogP contribution in [0.25, 0.3) is 0 Å². The molecule has 0 aliphatic carbocycles. The number of ether oxygens (including phenoxy) is 2. The smallest absolute Gasteiger partial charge is 0.349 e. The average molecular weight is 524 g/mol. The quantitative estimate of drug-likeness (QED) is 0.303. The summed E-state index contributed by atoms with van der Waals surface area (Å²) in [6.07, 6.45) is -11.8. The van der Waals surface area contributed by atoms with Crippen LogP contribution in [0.1, 0.15) is 47.7 Å². The molecule has 1 saturated heterocycles. The van der Waals surface area contributed by atoms with E-state index in [1.807, 2.05) is 4.90 Å². The van der Waals surface area contributed by atoms with Gasteiger partial charge in [-0.15, -0.1) is 0 Å². The van der Waals surface area contributed by atoms with Crippen LogP contribution >= 0.6 is 11.6 Å². The molecule has 3 rings (SSSR count). The van der Waals surface area contributed by atoms with Gasteiger partial charge >= 0.3 is 12.4 Å². The highest BCUT2D eigenvalue weighted by molar-refractivity contribution is 6.30. The van der Waals surface area contributed by atoms with E-state index in [0.29, 0.717) is 37.2 Å². The number of morpholine rings is 1. The molecule has 1 aliphatic heterocycles. The fraction of sp³-hybridized carbons (Fsp3) is 0.417. The number of hydrogen-bond donors (Lipinski definition) is 0. The van der Waals surface area contributed by atoms with Crippen molar-refractivity contribution in [1.82, 2.24) is 4.90 Å². The lowest BCUT2D eigenvalue weighted by Crippen LogP contribution is -2.47. The summed E-state index contributed by atoms with van der Waals surface area (Å²) in [5.74, 6) is 2.25. The topological polar surface area (TPSA) is 21.7 Å². The van der Waals surface area contributed by atoms with Gasteiger partial charge in [0.15, 0.2) is 6.29 Å². The van der Waals surface area contributed by atoms with Crippen LogP contribution in [0.15, 0.2) is 42.5 Å². The Bertz CT molecular complexity index is 1030. The number of hydrogen-bond acceptors (Lipinski definition) is 3. The molecule has 0 amide bonds. The Labute approximate surface area is 202 Å². The number of alkyl halides is 6. The summed E-state index contributed by atoms with van der Waals surface area (Å²) in [4.78, 5) is 1.93. The molecular formula is C24H21ClF7NO2. The highest BCUT2D eigenvalue weighted by Gasteiger charge is 2.39. The van der Waals surface area contributed by atoms with Crippen LogP contribution < -0.4 is 0 Å². The Hall–Kier alpha value is -2.32. The first kappa shape index (κ1) is 27.3. The summed E-state index contributed by atoms with van der Waals surface area (Å²) >= 11 is 5.41. The molecule has 3 atom stereocenters. The van der Waals surface area contributed by atoms with Crippen LogP contribution in [0.5, 0.6) is 0 Å². The second-order valence-electron chi connectivity index (χ2n) is 7.91. The minimum absolute atomic E-state index is 0.0638. The molecule has 35 heavy (non-hydrogen) atoms. The molecule has 0 saturated carbocycles. The zero-order chi connectivity index (χ0) is 25.8. The summed E-state index contributed by atoms with van der Waals surface area (Å²) in [7, 11) is 0. The lowest BCUT2D eigenvalue weighted by Gasteiger charge is -2.42. The van der Waals surface area contributed by atoms with Gasteiger partial charge in [0.1, 0.15) is 5.82 Å². The highest BCUT2D eigenvalue weighted by Crippen LogP contribution is 2.39. The Morgan fingerprint density at radius 3 is 2.20 bits per heavy atom. The van der Waals surface area contributed by atoms with Gasteiger partial charge in [-0.2, -0.15) is 26.3 Å². The van der Waals surface area contributed by atoms with Crippen molar-refractivity contribution in [3.05, 3.63) is 70.5 Å². The molecule has 3 nitrogen and oxygen atoms in total. The Kier molecular flexibility index (Phi) is 8.70. The maximum Gasteiger partial charge on any atom is 0.416 e. The minimum atomic E-state index is -4.98. The van der Waals surface area contributed by atoms with E-state index >= 15 is 0 Å². The first-order valence-electron chi connectivity index (χ1n) is 10.5. The molecule has 0 aromatic heterocycles. The highest BCUT2D eigenvalue weighted by atomic mass is 35.5. The molecular weight excluding hydrogens is 503 g/mol. The van der Waals surface area contributed by atoms with Crippen molar-refractivity contribution >= 4 is 11.6 Å². The molecule has 2 aromatic rings. The van der Waals surface area contributed by atoms with Crippen molar-refractivity contribution in [2.24, 2.45) is 0 Å². The van der Waals surface area contributed by atoms with Crippen molar-refractivity contribution in [2.75, 3.05) is 19.7 Å². The van der Waals surface area contributed by atoms with E-state index in [1.165, 1.54) is 31.2 Å². The Balaban J connectivity index is 1.93. The van der Waals surface area contributed by atoms with Crippen molar-refractivity contribution in [2.45, 2.75) is 44.1 Å². The number of rotatable bonds is 6. The molecule has 190 valence electrons. The maximum atomic E-state index is 13.5. The number of halogens is 8. The van der Waals surface area contributed by atoms with Gasteiger partial charge < -0.3 is 9.47 Å². The van der Waals surface area contributed by atoms with E-state index in [9.17, 15) is 30.7 Å². The van der Waals surface area contributed by atoms with Crippen molar-refractivity contribution in [1.29, 1.82) is 0 Å². The minimum Gasteiger partial charge on any atom is -0.349 e. The van der Waals surface area contributed by atoms with E-state index in [2.05, 4.69) is 11.3 Å². The van der Waals surface area contributed by atoms with E-state index in [4.69, 9.17) is 21.1 Å². The summed E-state index contributed by atoms with van der Waals surface area (Å²) < 4.78 is 105. The van der Waals surface area contributed by atoms with Crippen LogP contribution in [-0.4, -0.2) is 30.9 Å². The van der Waals surface area contributed by atoms with Crippen LogP contribution in [0.3, 0.4) is 0 Å². The largest absolute Gasteiger partial charge is 0.416 e. The molecule has 0 bridgehead atoms. The second-order valence-corrected chi connectivity index (χ2v) is 8.10. The summed E-state index contributed by atoms with van der Waals surface area (Å²) in [5, 5.41) is 2.27. The second kappa shape index (κ2) is 11.2. The molecule has 0 radical (unpaired) electrons.